The summed E-state index contributed by atoms with van der Waals surface area (Å²) in [7, 11) is 1.80. The summed E-state index contributed by atoms with van der Waals surface area (Å²) in [5, 5.41) is 6.70. The molecule has 126 valence electrons. The number of aliphatic imine (C=N–C) groups is 1. The molecule has 0 aliphatic carbocycles. The molecule has 2 rings (SSSR count). The van der Waals surface area contributed by atoms with Crippen molar-refractivity contribution in [2.75, 3.05) is 13.6 Å². The normalized spacial score (nSPS) is 11.0. The van der Waals surface area contributed by atoms with E-state index in [1.165, 1.54) is 16.7 Å². The average molecular weight is 427 g/mol. The van der Waals surface area contributed by atoms with Crippen molar-refractivity contribution in [2.24, 2.45) is 4.99 Å². The molecule has 0 bridgehead atoms. The highest BCUT2D eigenvalue weighted by Gasteiger charge is 2.01. The Morgan fingerprint density at radius 2 is 2.09 bits per heavy atom. The third-order valence-corrected chi connectivity index (χ3v) is 3.61. The van der Waals surface area contributed by atoms with Gasteiger partial charge in [-0.1, -0.05) is 23.8 Å². The maximum absolute atomic E-state index is 4.26. The number of rotatable bonds is 6. The molecule has 1 heterocycles. The minimum atomic E-state index is 0. The summed E-state index contributed by atoms with van der Waals surface area (Å²) in [4.78, 5) is 8.30. The lowest BCUT2D eigenvalue weighted by molar-refractivity contribution is 0.624. The first-order valence-corrected chi connectivity index (χ1v) is 7.65. The van der Waals surface area contributed by atoms with Crippen LogP contribution in [0, 0.1) is 13.8 Å². The second-order valence-electron chi connectivity index (χ2n) is 5.44. The van der Waals surface area contributed by atoms with Crippen LogP contribution in [0.25, 0.3) is 0 Å². The van der Waals surface area contributed by atoms with E-state index >= 15 is 0 Å². The summed E-state index contributed by atoms with van der Waals surface area (Å²) in [6.07, 6.45) is 6.65. The van der Waals surface area contributed by atoms with Crippen LogP contribution in [0.5, 0.6) is 0 Å². The Hall–Kier alpha value is -1.57. The molecule has 0 fully saturated rings. The smallest absolute Gasteiger partial charge is 0.191 e. The van der Waals surface area contributed by atoms with Crippen LogP contribution in [0.4, 0.5) is 0 Å². The van der Waals surface area contributed by atoms with Crippen molar-refractivity contribution >= 4 is 29.9 Å². The zero-order chi connectivity index (χ0) is 15.8. The Kier molecular flexibility index (Phi) is 8.68. The van der Waals surface area contributed by atoms with E-state index in [-0.39, 0.29) is 24.0 Å². The first kappa shape index (κ1) is 19.5. The van der Waals surface area contributed by atoms with Crippen LogP contribution in [0.15, 0.2) is 41.9 Å². The topological polar surface area (TPSA) is 54.2 Å². The minimum absolute atomic E-state index is 0. The van der Waals surface area contributed by atoms with Crippen molar-refractivity contribution in [2.45, 2.75) is 33.4 Å². The number of hydrogen-bond acceptors (Lipinski definition) is 2. The monoisotopic (exact) mass is 427 g/mol. The van der Waals surface area contributed by atoms with E-state index in [0.717, 1.165) is 32.0 Å². The quantitative estimate of drug-likeness (QED) is 0.323. The van der Waals surface area contributed by atoms with Gasteiger partial charge in [-0.25, -0.2) is 4.98 Å². The van der Waals surface area contributed by atoms with Gasteiger partial charge >= 0.3 is 0 Å². The van der Waals surface area contributed by atoms with Crippen LogP contribution in [0.1, 0.15) is 23.1 Å². The van der Waals surface area contributed by atoms with Gasteiger partial charge < -0.3 is 15.2 Å². The van der Waals surface area contributed by atoms with Crippen LogP contribution in [0.3, 0.4) is 0 Å². The Balaban J connectivity index is 0.00000264. The van der Waals surface area contributed by atoms with E-state index in [1.807, 2.05) is 12.5 Å². The number of imidazole rings is 1. The van der Waals surface area contributed by atoms with E-state index in [1.54, 1.807) is 13.2 Å². The highest BCUT2D eigenvalue weighted by Crippen LogP contribution is 2.09. The third-order valence-electron chi connectivity index (χ3n) is 3.61. The molecule has 0 aliphatic rings. The maximum atomic E-state index is 4.26. The van der Waals surface area contributed by atoms with Gasteiger partial charge in [0.25, 0.3) is 0 Å². The SMILES string of the molecule is CN=C(NCCCn1ccnc1)NCc1ccc(C)cc1C.I. The van der Waals surface area contributed by atoms with E-state index in [9.17, 15) is 0 Å². The lowest BCUT2D eigenvalue weighted by Gasteiger charge is -2.13. The molecular formula is C17H26IN5. The average Bonchev–Trinajstić information content (AvgIpc) is 3.01. The molecule has 1 aromatic carbocycles. The van der Waals surface area contributed by atoms with Crippen LogP contribution in [0.2, 0.25) is 0 Å². The summed E-state index contributed by atoms with van der Waals surface area (Å²) in [5.41, 5.74) is 3.90. The number of guanidine groups is 1. The Morgan fingerprint density at radius 1 is 1.26 bits per heavy atom. The molecule has 0 amide bonds. The van der Waals surface area contributed by atoms with Gasteiger partial charge in [0.15, 0.2) is 5.96 Å². The zero-order valence-corrected chi connectivity index (χ0v) is 16.4. The number of halogens is 1. The molecule has 0 saturated heterocycles. The Labute approximate surface area is 155 Å². The van der Waals surface area contributed by atoms with Crippen LogP contribution < -0.4 is 10.6 Å². The van der Waals surface area contributed by atoms with E-state index < -0.39 is 0 Å². The summed E-state index contributed by atoms with van der Waals surface area (Å²) in [6.45, 7) is 6.88. The van der Waals surface area contributed by atoms with Gasteiger partial charge in [-0.15, -0.1) is 24.0 Å². The van der Waals surface area contributed by atoms with Gasteiger partial charge in [-0.3, -0.25) is 4.99 Å². The number of nitrogens with one attached hydrogen (secondary N) is 2. The van der Waals surface area contributed by atoms with Crippen molar-refractivity contribution in [1.82, 2.24) is 20.2 Å². The molecule has 0 atom stereocenters. The molecule has 0 saturated carbocycles. The van der Waals surface area contributed by atoms with Gasteiger partial charge in [-0.05, 0) is 31.4 Å². The summed E-state index contributed by atoms with van der Waals surface area (Å²) < 4.78 is 2.08. The van der Waals surface area contributed by atoms with Gasteiger partial charge in [-0.2, -0.15) is 0 Å². The summed E-state index contributed by atoms with van der Waals surface area (Å²) in [6, 6.07) is 6.52. The largest absolute Gasteiger partial charge is 0.356 e. The van der Waals surface area contributed by atoms with E-state index in [0.29, 0.717) is 0 Å². The van der Waals surface area contributed by atoms with Gasteiger partial charge in [0.05, 0.1) is 6.33 Å². The van der Waals surface area contributed by atoms with Crippen molar-refractivity contribution in [3.63, 3.8) is 0 Å². The standard InChI is InChI=1S/C17H25N5.HI/c1-14-5-6-16(15(2)11-14)12-21-17(18-3)20-7-4-9-22-10-8-19-13-22;/h5-6,8,10-11,13H,4,7,9,12H2,1-3H3,(H2,18,20,21);1H. The fraction of sp³-hybridized carbons (Fsp3) is 0.412. The van der Waals surface area contributed by atoms with Gasteiger partial charge in [0.2, 0.25) is 0 Å². The van der Waals surface area contributed by atoms with Crippen molar-refractivity contribution in [1.29, 1.82) is 0 Å². The van der Waals surface area contributed by atoms with E-state index in [2.05, 4.69) is 57.2 Å². The number of aryl methyl sites for hydroxylation is 3. The molecule has 23 heavy (non-hydrogen) atoms. The summed E-state index contributed by atoms with van der Waals surface area (Å²) >= 11 is 0. The van der Waals surface area contributed by atoms with Gasteiger partial charge in [0.1, 0.15) is 0 Å². The van der Waals surface area contributed by atoms with Crippen LogP contribution in [-0.4, -0.2) is 29.1 Å². The van der Waals surface area contributed by atoms with Crippen molar-refractivity contribution in [3.05, 3.63) is 53.6 Å². The summed E-state index contributed by atoms with van der Waals surface area (Å²) in [5.74, 6) is 0.839. The van der Waals surface area contributed by atoms with E-state index in [4.69, 9.17) is 0 Å². The maximum Gasteiger partial charge on any atom is 0.191 e. The predicted octanol–water partition coefficient (Wildman–Crippen LogP) is 2.87. The Bertz CT molecular complexity index is 607. The highest BCUT2D eigenvalue weighted by atomic mass is 127. The van der Waals surface area contributed by atoms with Crippen LogP contribution >= 0.6 is 24.0 Å². The minimum Gasteiger partial charge on any atom is -0.356 e. The van der Waals surface area contributed by atoms with Crippen molar-refractivity contribution in [3.8, 4) is 0 Å². The number of nitrogens with zero attached hydrogens (tertiary/aromatic N) is 3. The number of aromatic nitrogens is 2. The lowest BCUT2D eigenvalue weighted by Crippen LogP contribution is -2.37. The molecule has 0 unspecified atom stereocenters. The fourth-order valence-electron chi connectivity index (χ4n) is 2.33. The second-order valence-corrected chi connectivity index (χ2v) is 5.44. The molecule has 0 aliphatic heterocycles. The first-order valence-electron chi connectivity index (χ1n) is 7.65. The number of hydrogen-bond donors (Lipinski definition) is 2. The van der Waals surface area contributed by atoms with Crippen LogP contribution in [-0.2, 0) is 13.1 Å². The molecular weight excluding hydrogens is 401 g/mol. The third kappa shape index (κ3) is 6.60. The molecule has 0 spiro atoms. The van der Waals surface area contributed by atoms with Gasteiger partial charge in [0, 0.05) is 39.1 Å². The fourth-order valence-corrected chi connectivity index (χ4v) is 2.33. The van der Waals surface area contributed by atoms with Crippen molar-refractivity contribution < 1.29 is 0 Å². The molecule has 2 N–H and O–H groups in total. The highest BCUT2D eigenvalue weighted by molar-refractivity contribution is 14.0. The lowest BCUT2D eigenvalue weighted by atomic mass is 10.1. The second kappa shape index (κ2) is 10.3. The Morgan fingerprint density at radius 3 is 2.74 bits per heavy atom. The molecule has 5 nitrogen and oxygen atoms in total. The molecule has 0 radical (unpaired) electrons. The molecule has 1 aromatic heterocycles. The first-order chi connectivity index (χ1) is 10.7. The molecule has 6 heteroatoms. The zero-order valence-electron chi connectivity index (χ0n) is 14.0. The molecule has 2 aromatic rings. The predicted molar refractivity (Wildman–Crippen MR) is 106 cm³/mol. The number of benzene rings is 1.